The molecular formula is C7F15. The molecule has 133 valence electrons. The molecule has 0 aliphatic carbocycles. The molecule has 0 N–H and O–H groups in total. The summed E-state index contributed by atoms with van der Waals surface area (Å²) in [5.41, 5.74) is -15.7. The Morgan fingerprint density at radius 2 is 0.500 bits per heavy atom. The largest absolute Gasteiger partial charge is 0.435 e. The summed E-state index contributed by atoms with van der Waals surface area (Å²) in [7, 11) is 0. The van der Waals surface area contributed by atoms with Gasteiger partial charge in [-0.25, -0.2) is 13.2 Å². The van der Waals surface area contributed by atoms with Gasteiger partial charge in [0.1, 0.15) is 0 Å². The fourth-order valence-electron chi connectivity index (χ4n) is 1.06. The molecule has 0 rings (SSSR count). The summed E-state index contributed by atoms with van der Waals surface area (Å²) in [6, 6.07) is 0. The van der Waals surface area contributed by atoms with Crippen molar-refractivity contribution < 1.29 is 65.9 Å². The van der Waals surface area contributed by atoms with E-state index in [0.29, 0.717) is 0 Å². The van der Waals surface area contributed by atoms with Gasteiger partial charge >= 0.3 is 36.0 Å². The van der Waals surface area contributed by atoms with Crippen molar-refractivity contribution in [2.24, 2.45) is 0 Å². The van der Waals surface area contributed by atoms with Gasteiger partial charge in [0.05, 0.1) is 0 Å². The summed E-state index contributed by atoms with van der Waals surface area (Å²) in [4.78, 5) is 0. The first-order valence-corrected chi connectivity index (χ1v) is 4.33. The molecule has 0 bridgehead atoms. The number of hydrogen-bond donors (Lipinski definition) is 0. The smallest absolute Gasteiger partial charge is 0.231 e. The van der Waals surface area contributed by atoms with Crippen LogP contribution in [0.2, 0.25) is 0 Å². The van der Waals surface area contributed by atoms with Crippen molar-refractivity contribution in [2.75, 3.05) is 0 Å². The average Bonchev–Trinajstić information content (AvgIpc) is 2.19. The molecule has 0 heterocycles. The molecule has 0 saturated carbocycles. The summed E-state index contributed by atoms with van der Waals surface area (Å²) < 4.78 is 181. The molecule has 0 aromatic carbocycles. The third kappa shape index (κ3) is 2.77. The van der Waals surface area contributed by atoms with Gasteiger partial charge in [-0.15, -0.1) is 0 Å². The molecular weight excluding hydrogens is 369 g/mol. The van der Waals surface area contributed by atoms with Crippen LogP contribution >= 0.6 is 0 Å². The van der Waals surface area contributed by atoms with E-state index in [2.05, 4.69) is 0 Å². The molecule has 0 amide bonds. The number of alkyl halides is 14. The van der Waals surface area contributed by atoms with Crippen LogP contribution in [0.25, 0.3) is 0 Å². The highest BCUT2D eigenvalue weighted by molar-refractivity contribution is 5.25. The highest BCUT2D eigenvalue weighted by atomic mass is 19.4. The lowest BCUT2D eigenvalue weighted by molar-refractivity contribution is -0.389. The maximum absolute atomic E-state index is 12.9. The topological polar surface area (TPSA) is 0 Å². The van der Waals surface area contributed by atoms with E-state index in [-0.39, 0.29) is 0 Å². The van der Waals surface area contributed by atoms with Gasteiger partial charge in [-0.05, 0) is 0 Å². The second-order valence-corrected chi connectivity index (χ2v) is 3.62. The first kappa shape index (κ1) is 20.9. The molecule has 0 atom stereocenters. The molecule has 0 nitrogen and oxygen atoms in total. The first-order chi connectivity index (χ1) is 9.15. The first-order valence-electron chi connectivity index (χ1n) is 4.33. The van der Waals surface area contributed by atoms with Crippen molar-refractivity contribution in [3.05, 3.63) is 6.17 Å². The van der Waals surface area contributed by atoms with Gasteiger partial charge in [-0.2, -0.15) is 52.7 Å². The Morgan fingerprint density at radius 1 is 0.364 bits per heavy atom. The standard InChI is InChI=1S/C7F15/c8-1(2(9,4(11,12)13)5(14,15)16)3(10,6(17,18)19)7(20,21)22. The summed E-state index contributed by atoms with van der Waals surface area (Å²) >= 11 is 0. The fraction of sp³-hybridized carbons (Fsp3) is 0.857. The van der Waals surface area contributed by atoms with Crippen molar-refractivity contribution in [2.45, 2.75) is 36.0 Å². The Hall–Kier alpha value is -1.05. The molecule has 0 aromatic heterocycles. The summed E-state index contributed by atoms with van der Waals surface area (Å²) in [5, 5.41) is 0. The van der Waals surface area contributed by atoms with Gasteiger partial charge in [-0.1, -0.05) is 0 Å². The maximum Gasteiger partial charge on any atom is 0.435 e. The zero-order valence-electron chi connectivity index (χ0n) is 9.17. The normalized spacial score (nSPS) is 16.4. The Balaban J connectivity index is 6.54. The third-order valence-electron chi connectivity index (χ3n) is 2.17. The van der Waals surface area contributed by atoms with Crippen LogP contribution in [0.3, 0.4) is 0 Å². The molecule has 0 aliphatic rings. The summed E-state index contributed by atoms with van der Waals surface area (Å²) in [6.07, 6.45) is -36.4. The predicted molar refractivity (Wildman–Crippen MR) is 36.2 cm³/mol. The maximum atomic E-state index is 12.9. The van der Waals surface area contributed by atoms with E-state index in [0.717, 1.165) is 0 Å². The Morgan fingerprint density at radius 3 is 0.591 bits per heavy atom. The fourth-order valence-corrected chi connectivity index (χ4v) is 1.06. The Kier molecular flexibility index (Phi) is 4.74. The SMILES string of the molecule is F[C](C(F)(C(F)(F)F)C(F)(F)F)C(F)(C(F)(F)F)C(F)(F)F. The van der Waals surface area contributed by atoms with Gasteiger partial charge in [0.25, 0.3) is 6.17 Å². The highest BCUT2D eigenvalue weighted by Crippen LogP contribution is 2.62. The molecule has 0 fully saturated rings. The van der Waals surface area contributed by atoms with Crippen LogP contribution in [0, 0.1) is 6.17 Å². The minimum atomic E-state index is -7.83. The van der Waals surface area contributed by atoms with Gasteiger partial charge in [0.15, 0.2) is 0 Å². The Labute approximate surface area is 109 Å². The molecule has 0 saturated heterocycles. The second kappa shape index (κ2) is 4.97. The van der Waals surface area contributed by atoms with Crippen LogP contribution in [0.4, 0.5) is 65.9 Å². The molecule has 22 heavy (non-hydrogen) atoms. The van der Waals surface area contributed by atoms with Crippen molar-refractivity contribution in [1.82, 2.24) is 0 Å². The van der Waals surface area contributed by atoms with E-state index < -0.39 is 42.2 Å². The molecule has 0 spiro atoms. The van der Waals surface area contributed by atoms with E-state index in [1.54, 1.807) is 0 Å². The third-order valence-corrected chi connectivity index (χ3v) is 2.17. The van der Waals surface area contributed by atoms with Gasteiger partial charge < -0.3 is 0 Å². The van der Waals surface area contributed by atoms with Crippen LogP contribution in [0.1, 0.15) is 0 Å². The van der Waals surface area contributed by atoms with Crippen LogP contribution < -0.4 is 0 Å². The van der Waals surface area contributed by atoms with Gasteiger partial charge in [-0.3, -0.25) is 0 Å². The minimum absolute atomic E-state index is 5.68. The van der Waals surface area contributed by atoms with Crippen molar-refractivity contribution in [1.29, 1.82) is 0 Å². The number of halogens is 15. The van der Waals surface area contributed by atoms with E-state index in [9.17, 15) is 65.9 Å². The van der Waals surface area contributed by atoms with Crippen LogP contribution in [0.5, 0.6) is 0 Å². The number of hydrogen-bond acceptors (Lipinski definition) is 0. The lowest BCUT2D eigenvalue weighted by Crippen LogP contribution is -2.68. The summed E-state index contributed by atoms with van der Waals surface area (Å²) in [5.74, 6) is 0. The van der Waals surface area contributed by atoms with Gasteiger partial charge in [0, 0.05) is 0 Å². The van der Waals surface area contributed by atoms with E-state index >= 15 is 0 Å². The zero-order chi connectivity index (χ0) is 18.6. The molecule has 0 aromatic rings. The van der Waals surface area contributed by atoms with Crippen molar-refractivity contribution >= 4 is 0 Å². The molecule has 0 aliphatic heterocycles. The lowest BCUT2D eigenvalue weighted by atomic mass is 9.84. The number of rotatable bonds is 2. The molecule has 0 unspecified atom stereocenters. The van der Waals surface area contributed by atoms with E-state index in [1.165, 1.54) is 0 Å². The van der Waals surface area contributed by atoms with E-state index in [1.807, 2.05) is 0 Å². The van der Waals surface area contributed by atoms with Crippen molar-refractivity contribution in [3.63, 3.8) is 0 Å². The second-order valence-electron chi connectivity index (χ2n) is 3.62. The van der Waals surface area contributed by atoms with Crippen molar-refractivity contribution in [3.8, 4) is 0 Å². The van der Waals surface area contributed by atoms with Crippen LogP contribution in [-0.2, 0) is 0 Å². The van der Waals surface area contributed by atoms with Gasteiger partial charge in [0.2, 0.25) is 0 Å². The molecule has 1 radical (unpaired) electrons. The monoisotopic (exact) mass is 369 g/mol. The molecule has 15 heteroatoms. The minimum Gasteiger partial charge on any atom is -0.231 e. The highest BCUT2D eigenvalue weighted by Gasteiger charge is 2.90. The zero-order valence-corrected chi connectivity index (χ0v) is 9.17. The Bertz CT molecular complexity index is 324. The summed E-state index contributed by atoms with van der Waals surface area (Å²) in [6.45, 7) is 0. The lowest BCUT2D eigenvalue weighted by Gasteiger charge is -2.39. The van der Waals surface area contributed by atoms with Crippen LogP contribution in [-0.4, -0.2) is 36.0 Å². The quantitative estimate of drug-likeness (QED) is 0.591. The predicted octanol–water partition coefficient (Wildman–Crippen LogP) is 5.15. The average molecular weight is 369 g/mol. The van der Waals surface area contributed by atoms with E-state index in [4.69, 9.17) is 0 Å². The van der Waals surface area contributed by atoms with Crippen LogP contribution in [0.15, 0.2) is 0 Å².